The summed E-state index contributed by atoms with van der Waals surface area (Å²) < 4.78 is 35.2. The van der Waals surface area contributed by atoms with Crippen molar-refractivity contribution in [1.29, 1.82) is 0 Å². The van der Waals surface area contributed by atoms with Crippen LogP contribution < -0.4 is 9.46 Å². The Morgan fingerprint density at radius 1 is 1.15 bits per heavy atom. The predicted octanol–water partition coefficient (Wildman–Crippen LogP) is 2.40. The summed E-state index contributed by atoms with van der Waals surface area (Å²) in [5.41, 5.74) is 1.13. The first-order valence-corrected chi connectivity index (χ1v) is 11.1. The number of hydrogen-bond donors (Lipinski definition) is 1. The van der Waals surface area contributed by atoms with Crippen LogP contribution in [0.25, 0.3) is 0 Å². The van der Waals surface area contributed by atoms with Gasteiger partial charge in [-0.2, -0.15) is 12.7 Å². The summed E-state index contributed by atoms with van der Waals surface area (Å²) in [6.45, 7) is 5.78. The molecule has 0 saturated carbocycles. The van der Waals surface area contributed by atoms with Gasteiger partial charge in [0.15, 0.2) is 0 Å². The van der Waals surface area contributed by atoms with E-state index in [4.69, 9.17) is 4.74 Å². The largest absolute Gasteiger partial charge is 0.497 e. The van der Waals surface area contributed by atoms with Crippen molar-refractivity contribution >= 4 is 10.2 Å². The molecule has 2 heterocycles. The minimum Gasteiger partial charge on any atom is -0.497 e. The van der Waals surface area contributed by atoms with Crippen molar-refractivity contribution in [3.63, 3.8) is 0 Å². The summed E-state index contributed by atoms with van der Waals surface area (Å²) in [7, 11) is -1.78. The minimum atomic E-state index is -3.43. The number of hydrogen-bond acceptors (Lipinski definition) is 4. The van der Waals surface area contributed by atoms with Crippen LogP contribution in [0.4, 0.5) is 0 Å². The fraction of sp³-hybridized carbons (Fsp3) is 0.684. The Kier molecular flexibility index (Phi) is 6.55. The molecule has 3 rings (SSSR count). The maximum Gasteiger partial charge on any atom is 0.279 e. The van der Waals surface area contributed by atoms with Gasteiger partial charge in [-0.3, -0.25) is 4.90 Å². The average molecular weight is 382 g/mol. The third-order valence-corrected chi connectivity index (χ3v) is 7.04. The molecule has 2 saturated heterocycles. The van der Waals surface area contributed by atoms with E-state index in [1.54, 1.807) is 11.4 Å². The van der Waals surface area contributed by atoms with Crippen LogP contribution in [0.15, 0.2) is 24.3 Å². The fourth-order valence-corrected chi connectivity index (χ4v) is 5.35. The highest BCUT2D eigenvalue weighted by Gasteiger charge is 2.29. The normalized spacial score (nSPS) is 23.8. The molecule has 2 aliphatic rings. The molecule has 2 aliphatic heterocycles. The monoisotopic (exact) mass is 381 g/mol. The Bertz CT molecular complexity index is 672. The maximum atomic E-state index is 12.8. The lowest BCUT2D eigenvalue weighted by Gasteiger charge is -2.32. The minimum absolute atomic E-state index is 0.0559. The molecule has 1 aromatic carbocycles. The molecule has 0 radical (unpaired) electrons. The summed E-state index contributed by atoms with van der Waals surface area (Å²) >= 11 is 0. The number of benzene rings is 1. The Morgan fingerprint density at radius 3 is 2.46 bits per heavy atom. The van der Waals surface area contributed by atoms with E-state index in [0.29, 0.717) is 25.6 Å². The van der Waals surface area contributed by atoms with Crippen LogP contribution in [0.1, 0.15) is 44.2 Å². The SMILES string of the molecule is COc1ccc(C(CNS(=O)(=O)N2CCCC(C)C2)N2CCCC2)cc1. The lowest BCUT2D eigenvalue weighted by atomic mass is 10.0. The second-order valence-electron chi connectivity index (χ2n) is 7.49. The Hall–Kier alpha value is -1.15. The molecule has 1 aromatic rings. The highest BCUT2D eigenvalue weighted by atomic mass is 32.2. The molecule has 26 heavy (non-hydrogen) atoms. The third-order valence-electron chi connectivity index (χ3n) is 5.50. The summed E-state index contributed by atoms with van der Waals surface area (Å²) in [4.78, 5) is 2.38. The van der Waals surface area contributed by atoms with Crippen molar-refractivity contribution in [1.82, 2.24) is 13.9 Å². The topological polar surface area (TPSA) is 61.9 Å². The highest BCUT2D eigenvalue weighted by Crippen LogP contribution is 2.27. The molecule has 0 amide bonds. The standard InChI is InChI=1S/C19H31N3O3S/c1-16-6-5-13-22(15-16)26(23,24)20-14-19(21-11-3-4-12-21)17-7-9-18(25-2)10-8-17/h7-10,16,19-20H,3-6,11-15H2,1-2H3. The molecular formula is C19H31N3O3S. The number of likely N-dealkylation sites (tertiary alicyclic amines) is 1. The zero-order chi connectivity index (χ0) is 18.6. The van der Waals surface area contributed by atoms with Gasteiger partial charge in [0.05, 0.1) is 7.11 Å². The average Bonchev–Trinajstić information content (AvgIpc) is 3.17. The summed E-state index contributed by atoms with van der Waals surface area (Å²) in [5.74, 6) is 1.24. The van der Waals surface area contributed by atoms with Gasteiger partial charge in [0, 0.05) is 25.7 Å². The van der Waals surface area contributed by atoms with Crippen LogP contribution in [-0.2, 0) is 10.2 Å². The van der Waals surface area contributed by atoms with Gasteiger partial charge in [0.1, 0.15) is 5.75 Å². The molecular weight excluding hydrogens is 350 g/mol. The number of nitrogens with one attached hydrogen (secondary N) is 1. The van der Waals surface area contributed by atoms with E-state index in [2.05, 4.69) is 16.5 Å². The second kappa shape index (κ2) is 8.69. The molecule has 1 N–H and O–H groups in total. The summed E-state index contributed by atoms with van der Waals surface area (Å²) in [5, 5.41) is 0. The summed E-state index contributed by atoms with van der Waals surface area (Å²) in [6.07, 6.45) is 4.39. The van der Waals surface area contributed by atoms with E-state index in [1.165, 1.54) is 12.8 Å². The van der Waals surface area contributed by atoms with Crippen LogP contribution >= 0.6 is 0 Å². The Morgan fingerprint density at radius 2 is 1.85 bits per heavy atom. The van der Waals surface area contributed by atoms with Crippen molar-refractivity contribution in [3.05, 3.63) is 29.8 Å². The molecule has 0 spiro atoms. The van der Waals surface area contributed by atoms with E-state index < -0.39 is 10.2 Å². The Labute approximate surface area is 157 Å². The van der Waals surface area contributed by atoms with Crippen LogP contribution in [0, 0.1) is 5.92 Å². The van der Waals surface area contributed by atoms with Gasteiger partial charge in [-0.25, -0.2) is 4.72 Å². The number of ether oxygens (including phenoxy) is 1. The first kappa shape index (κ1) is 19.6. The molecule has 146 valence electrons. The number of piperidine rings is 1. The lowest BCUT2D eigenvalue weighted by molar-refractivity contribution is 0.241. The molecule has 2 unspecified atom stereocenters. The van der Waals surface area contributed by atoms with Crippen molar-refractivity contribution in [3.8, 4) is 5.75 Å². The van der Waals surface area contributed by atoms with E-state index in [0.717, 1.165) is 37.2 Å². The van der Waals surface area contributed by atoms with Crippen LogP contribution in [0.2, 0.25) is 0 Å². The van der Waals surface area contributed by atoms with Gasteiger partial charge in [0.25, 0.3) is 10.2 Å². The van der Waals surface area contributed by atoms with Gasteiger partial charge in [-0.15, -0.1) is 0 Å². The van der Waals surface area contributed by atoms with E-state index >= 15 is 0 Å². The quantitative estimate of drug-likeness (QED) is 0.788. The number of rotatable bonds is 7. The first-order valence-electron chi connectivity index (χ1n) is 9.62. The molecule has 0 aromatic heterocycles. The van der Waals surface area contributed by atoms with Crippen molar-refractivity contribution in [2.45, 2.75) is 38.6 Å². The molecule has 7 heteroatoms. The van der Waals surface area contributed by atoms with Gasteiger partial charge in [-0.1, -0.05) is 19.1 Å². The molecule has 2 atom stereocenters. The molecule has 2 fully saturated rings. The number of nitrogens with zero attached hydrogens (tertiary/aromatic N) is 2. The maximum absolute atomic E-state index is 12.8. The zero-order valence-electron chi connectivity index (χ0n) is 15.9. The van der Waals surface area contributed by atoms with Crippen molar-refractivity contribution in [2.75, 3.05) is 39.8 Å². The van der Waals surface area contributed by atoms with Crippen LogP contribution in [-0.4, -0.2) is 57.5 Å². The lowest BCUT2D eigenvalue weighted by Crippen LogP contribution is -2.47. The zero-order valence-corrected chi connectivity index (χ0v) is 16.7. The van der Waals surface area contributed by atoms with E-state index in [9.17, 15) is 8.42 Å². The summed E-state index contributed by atoms with van der Waals surface area (Å²) in [6, 6.07) is 8.02. The van der Waals surface area contributed by atoms with Gasteiger partial charge in [0.2, 0.25) is 0 Å². The second-order valence-corrected chi connectivity index (χ2v) is 9.25. The van der Waals surface area contributed by atoms with Crippen molar-refractivity contribution in [2.24, 2.45) is 5.92 Å². The smallest absolute Gasteiger partial charge is 0.279 e. The van der Waals surface area contributed by atoms with Crippen molar-refractivity contribution < 1.29 is 13.2 Å². The highest BCUT2D eigenvalue weighted by molar-refractivity contribution is 7.87. The molecule has 0 bridgehead atoms. The predicted molar refractivity (Wildman–Crippen MR) is 103 cm³/mol. The van der Waals surface area contributed by atoms with Gasteiger partial charge >= 0.3 is 0 Å². The Balaban J connectivity index is 1.70. The fourth-order valence-electron chi connectivity index (χ4n) is 3.98. The van der Waals surface area contributed by atoms with E-state index in [1.807, 2.05) is 24.3 Å². The third kappa shape index (κ3) is 4.76. The number of methoxy groups -OCH3 is 1. The molecule has 0 aliphatic carbocycles. The van der Waals surface area contributed by atoms with Gasteiger partial charge < -0.3 is 4.74 Å². The molecule has 6 nitrogen and oxygen atoms in total. The van der Waals surface area contributed by atoms with E-state index in [-0.39, 0.29) is 6.04 Å². The van der Waals surface area contributed by atoms with Crippen LogP contribution in [0.5, 0.6) is 5.75 Å². The first-order chi connectivity index (χ1) is 12.5. The van der Waals surface area contributed by atoms with Gasteiger partial charge in [-0.05, 0) is 62.4 Å². The van der Waals surface area contributed by atoms with Crippen LogP contribution in [0.3, 0.4) is 0 Å².